The fraction of sp³-hybridized carbons (Fsp3) is 0.786. The van der Waals surface area contributed by atoms with E-state index in [-0.39, 0.29) is 0 Å². The lowest BCUT2D eigenvalue weighted by Crippen LogP contribution is -2.24. The van der Waals surface area contributed by atoms with Crippen LogP contribution in [0, 0.1) is 11.8 Å². The average molecular weight is 222 g/mol. The van der Waals surface area contributed by atoms with Crippen molar-refractivity contribution in [2.45, 2.75) is 59.8 Å². The maximum absolute atomic E-state index is 4.30. The Kier molecular flexibility index (Phi) is 5.58. The van der Waals surface area contributed by atoms with Gasteiger partial charge < -0.3 is 0 Å². The molecule has 0 aromatic heterocycles. The third-order valence-electron chi connectivity index (χ3n) is 3.55. The largest absolute Gasteiger partial charge is 0.286 e. The number of hydrazone groups is 1. The lowest BCUT2D eigenvalue weighted by molar-refractivity contribution is 0.412. The summed E-state index contributed by atoms with van der Waals surface area (Å²) in [5.41, 5.74) is 5.87. The Morgan fingerprint density at radius 1 is 1.25 bits per heavy atom. The highest BCUT2D eigenvalue weighted by molar-refractivity contribution is 5.87. The summed E-state index contributed by atoms with van der Waals surface area (Å²) in [6.07, 6.45) is 8.76. The minimum atomic E-state index is 0.638. The predicted octanol–water partition coefficient (Wildman–Crippen LogP) is 4.09. The molecule has 0 radical (unpaired) electrons. The molecule has 1 heterocycles. The maximum atomic E-state index is 4.30. The second-order valence-electron chi connectivity index (χ2n) is 4.73. The molecule has 2 aliphatic rings. The summed E-state index contributed by atoms with van der Waals surface area (Å²) < 4.78 is 0. The van der Waals surface area contributed by atoms with Gasteiger partial charge in [-0.15, -0.1) is 0 Å². The standard InChI is InChI=1S/C12H20N2.C2H6/c1-9-4-3-5-11-8-13-14-10(2)12(11)7-6-9;1-2/h8-9,12-13H,3-7H2,1-2H3;1-2H3. The van der Waals surface area contributed by atoms with Gasteiger partial charge in [0.2, 0.25) is 0 Å². The van der Waals surface area contributed by atoms with Crippen molar-refractivity contribution in [1.82, 2.24) is 5.43 Å². The Hall–Kier alpha value is -0.790. The zero-order chi connectivity index (χ0) is 12.0. The van der Waals surface area contributed by atoms with Gasteiger partial charge in [0.25, 0.3) is 0 Å². The Bertz CT molecular complexity index is 266. The molecule has 0 amide bonds. The number of hydrogen-bond acceptors (Lipinski definition) is 2. The van der Waals surface area contributed by atoms with Gasteiger partial charge in [-0.25, -0.2) is 0 Å². The van der Waals surface area contributed by atoms with Crippen LogP contribution in [0.5, 0.6) is 0 Å². The third-order valence-corrected chi connectivity index (χ3v) is 3.55. The van der Waals surface area contributed by atoms with E-state index in [0.29, 0.717) is 5.92 Å². The molecule has 2 rings (SSSR count). The molecule has 1 fully saturated rings. The summed E-state index contributed by atoms with van der Waals surface area (Å²) in [5, 5.41) is 4.30. The van der Waals surface area contributed by atoms with Gasteiger partial charge in [0.1, 0.15) is 0 Å². The van der Waals surface area contributed by atoms with Gasteiger partial charge in [-0.05, 0) is 44.1 Å². The van der Waals surface area contributed by atoms with Crippen molar-refractivity contribution in [3.8, 4) is 0 Å². The Balaban J connectivity index is 0.000000606. The second-order valence-corrected chi connectivity index (χ2v) is 4.73. The minimum Gasteiger partial charge on any atom is -0.286 e. The molecule has 0 spiro atoms. The Morgan fingerprint density at radius 2 is 2.00 bits per heavy atom. The van der Waals surface area contributed by atoms with Gasteiger partial charge in [-0.3, -0.25) is 5.43 Å². The fourth-order valence-electron chi connectivity index (χ4n) is 2.55. The Labute approximate surface area is 100 Å². The molecular formula is C14H26N2. The van der Waals surface area contributed by atoms with Crippen molar-refractivity contribution in [3.05, 3.63) is 11.8 Å². The molecule has 0 bridgehead atoms. The van der Waals surface area contributed by atoms with Crippen molar-refractivity contribution >= 4 is 5.71 Å². The second kappa shape index (κ2) is 6.72. The van der Waals surface area contributed by atoms with Crippen LogP contribution in [-0.2, 0) is 0 Å². The number of hydrogen-bond donors (Lipinski definition) is 1. The van der Waals surface area contributed by atoms with E-state index in [4.69, 9.17) is 0 Å². The summed E-state index contributed by atoms with van der Waals surface area (Å²) >= 11 is 0. The van der Waals surface area contributed by atoms with E-state index in [1.54, 1.807) is 5.57 Å². The topological polar surface area (TPSA) is 24.4 Å². The summed E-state index contributed by atoms with van der Waals surface area (Å²) in [4.78, 5) is 0. The normalized spacial score (nSPS) is 29.2. The number of fused-ring (bicyclic) bond motifs is 1. The minimum absolute atomic E-state index is 0.638. The molecule has 1 saturated carbocycles. The molecule has 2 atom stereocenters. The van der Waals surface area contributed by atoms with Gasteiger partial charge >= 0.3 is 0 Å². The molecule has 0 aromatic carbocycles. The van der Waals surface area contributed by atoms with Crippen molar-refractivity contribution in [1.29, 1.82) is 0 Å². The highest BCUT2D eigenvalue weighted by Gasteiger charge is 2.23. The van der Waals surface area contributed by atoms with Crippen LogP contribution in [0.25, 0.3) is 0 Å². The highest BCUT2D eigenvalue weighted by atomic mass is 15.3. The number of nitrogens with one attached hydrogen (secondary N) is 1. The van der Waals surface area contributed by atoms with Gasteiger partial charge in [-0.1, -0.05) is 27.2 Å². The summed E-state index contributed by atoms with van der Waals surface area (Å²) in [6.45, 7) is 8.53. The van der Waals surface area contributed by atoms with Gasteiger partial charge in [-0.2, -0.15) is 5.10 Å². The number of nitrogens with zero attached hydrogens (tertiary/aromatic N) is 1. The first-order chi connectivity index (χ1) is 7.77. The van der Waals surface area contributed by atoms with E-state index in [9.17, 15) is 0 Å². The lowest BCUT2D eigenvalue weighted by Gasteiger charge is -2.27. The van der Waals surface area contributed by atoms with E-state index >= 15 is 0 Å². The number of allylic oxidation sites excluding steroid dienone is 1. The van der Waals surface area contributed by atoms with E-state index in [1.807, 2.05) is 13.8 Å². The zero-order valence-electron chi connectivity index (χ0n) is 11.2. The summed E-state index contributed by atoms with van der Waals surface area (Å²) in [7, 11) is 0. The maximum Gasteiger partial charge on any atom is 0.0423 e. The highest BCUT2D eigenvalue weighted by Crippen LogP contribution is 2.31. The molecule has 1 aliphatic heterocycles. The molecular weight excluding hydrogens is 196 g/mol. The van der Waals surface area contributed by atoms with Crippen LogP contribution in [0.2, 0.25) is 0 Å². The van der Waals surface area contributed by atoms with Crippen LogP contribution in [0.15, 0.2) is 16.9 Å². The lowest BCUT2D eigenvalue weighted by atomic mass is 9.81. The van der Waals surface area contributed by atoms with Crippen LogP contribution in [0.1, 0.15) is 59.8 Å². The van der Waals surface area contributed by atoms with Crippen LogP contribution in [-0.4, -0.2) is 5.71 Å². The molecule has 92 valence electrons. The van der Waals surface area contributed by atoms with Crippen LogP contribution < -0.4 is 5.43 Å². The fourth-order valence-corrected chi connectivity index (χ4v) is 2.55. The average Bonchev–Trinajstić information content (AvgIpc) is 2.28. The van der Waals surface area contributed by atoms with Gasteiger partial charge in [0.05, 0.1) is 0 Å². The molecule has 2 nitrogen and oxygen atoms in total. The van der Waals surface area contributed by atoms with E-state index in [2.05, 4.69) is 30.6 Å². The molecule has 1 N–H and O–H groups in total. The molecule has 16 heavy (non-hydrogen) atoms. The monoisotopic (exact) mass is 222 g/mol. The quantitative estimate of drug-likeness (QED) is 0.656. The zero-order valence-corrected chi connectivity index (χ0v) is 11.2. The molecule has 2 heteroatoms. The molecule has 0 aromatic rings. The van der Waals surface area contributed by atoms with Gasteiger partial charge in [0, 0.05) is 17.8 Å². The molecule has 1 aliphatic carbocycles. The smallest absolute Gasteiger partial charge is 0.0423 e. The van der Waals surface area contributed by atoms with Crippen molar-refractivity contribution in [2.75, 3.05) is 0 Å². The van der Waals surface area contributed by atoms with Crippen LogP contribution in [0.3, 0.4) is 0 Å². The first kappa shape index (κ1) is 13.3. The van der Waals surface area contributed by atoms with Gasteiger partial charge in [0.15, 0.2) is 0 Å². The number of rotatable bonds is 0. The first-order valence-electron chi connectivity index (χ1n) is 6.76. The van der Waals surface area contributed by atoms with Crippen LogP contribution in [0.4, 0.5) is 0 Å². The molecule has 2 unspecified atom stereocenters. The van der Waals surface area contributed by atoms with Crippen molar-refractivity contribution < 1.29 is 0 Å². The van der Waals surface area contributed by atoms with E-state index < -0.39 is 0 Å². The van der Waals surface area contributed by atoms with E-state index in [1.165, 1.54) is 37.8 Å². The predicted molar refractivity (Wildman–Crippen MR) is 71.4 cm³/mol. The third kappa shape index (κ3) is 3.36. The molecule has 0 saturated heterocycles. The van der Waals surface area contributed by atoms with Crippen molar-refractivity contribution in [2.24, 2.45) is 16.9 Å². The SMILES string of the molecule is CC.CC1=NNC=C2CCCC(C)CCC21. The van der Waals surface area contributed by atoms with E-state index in [0.717, 1.165) is 5.92 Å². The van der Waals surface area contributed by atoms with Crippen LogP contribution >= 0.6 is 0 Å². The first-order valence-corrected chi connectivity index (χ1v) is 6.76. The summed E-state index contributed by atoms with van der Waals surface area (Å²) in [6, 6.07) is 0. The van der Waals surface area contributed by atoms with Crippen molar-refractivity contribution in [3.63, 3.8) is 0 Å². The Morgan fingerprint density at radius 3 is 2.75 bits per heavy atom. The summed E-state index contributed by atoms with van der Waals surface area (Å²) in [5.74, 6) is 1.54.